The first-order valence-electron chi connectivity index (χ1n) is 5.35. The molecule has 1 saturated heterocycles. The molecular formula is C11H15BrN2OS. The zero-order valence-electron chi connectivity index (χ0n) is 9.20. The van der Waals surface area contributed by atoms with Crippen LogP contribution in [-0.2, 0) is 0 Å². The lowest BCUT2D eigenvalue weighted by Crippen LogP contribution is -2.49. The lowest BCUT2D eigenvalue weighted by Gasteiger charge is -2.30. The summed E-state index contributed by atoms with van der Waals surface area (Å²) in [6.07, 6.45) is 0.595. The fourth-order valence-corrected chi connectivity index (χ4v) is 3.25. The van der Waals surface area contributed by atoms with E-state index < -0.39 is 0 Å². The van der Waals surface area contributed by atoms with E-state index in [0.717, 1.165) is 28.3 Å². The predicted molar refractivity (Wildman–Crippen MR) is 70.3 cm³/mol. The Hall–Kier alpha value is -0.230. The number of halogens is 1. The highest BCUT2D eigenvalue weighted by Gasteiger charge is 2.20. The summed E-state index contributed by atoms with van der Waals surface area (Å²) < 4.78 is 1.02. The summed E-state index contributed by atoms with van der Waals surface area (Å²) in [5, 5.41) is 3.39. The summed E-state index contributed by atoms with van der Waals surface area (Å²) in [4.78, 5) is 15.1. The molecule has 88 valence electrons. The number of rotatable bonds is 3. The summed E-state index contributed by atoms with van der Waals surface area (Å²) in [6.45, 7) is 3.00. The first-order chi connectivity index (χ1) is 7.65. The topological polar surface area (TPSA) is 32.3 Å². The van der Waals surface area contributed by atoms with Crippen molar-refractivity contribution in [2.45, 2.75) is 12.5 Å². The highest BCUT2D eigenvalue weighted by Crippen LogP contribution is 2.23. The summed E-state index contributed by atoms with van der Waals surface area (Å²) in [5.74, 6) is 0.239. The van der Waals surface area contributed by atoms with Crippen LogP contribution in [0.15, 0.2) is 15.9 Å². The quantitative estimate of drug-likeness (QED) is 0.867. The molecule has 1 aromatic rings. The fraction of sp³-hybridized carbons (Fsp3) is 0.545. The molecule has 3 nitrogen and oxygen atoms in total. The van der Waals surface area contributed by atoms with Gasteiger partial charge in [0.15, 0.2) is 5.78 Å². The Balaban J connectivity index is 1.92. The minimum atomic E-state index is 0.239. The highest BCUT2D eigenvalue weighted by atomic mass is 79.9. The van der Waals surface area contributed by atoms with E-state index in [1.807, 2.05) is 12.1 Å². The second kappa shape index (κ2) is 5.40. The van der Waals surface area contributed by atoms with E-state index in [2.05, 4.69) is 33.2 Å². The van der Waals surface area contributed by atoms with Gasteiger partial charge in [0.25, 0.3) is 0 Å². The molecule has 0 aromatic carbocycles. The van der Waals surface area contributed by atoms with E-state index in [9.17, 15) is 4.79 Å². The van der Waals surface area contributed by atoms with Crippen molar-refractivity contribution >= 4 is 33.0 Å². The van der Waals surface area contributed by atoms with Crippen LogP contribution in [0.5, 0.6) is 0 Å². The van der Waals surface area contributed by atoms with Gasteiger partial charge >= 0.3 is 0 Å². The van der Waals surface area contributed by atoms with Gasteiger partial charge in [-0.15, -0.1) is 11.3 Å². The van der Waals surface area contributed by atoms with Crippen LogP contribution in [-0.4, -0.2) is 43.4 Å². The molecule has 0 bridgehead atoms. The van der Waals surface area contributed by atoms with Gasteiger partial charge in [-0.05, 0) is 35.1 Å². The normalized spacial score (nSPS) is 22.2. The standard InChI is InChI=1S/C11H15BrN2OS/c1-14-5-4-13-8(7-14)6-9(15)10-2-3-11(12)16-10/h2-3,8,13H,4-7H2,1H3. The molecule has 0 radical (unpaired) electrons. The molecule has 1 aliphatic heterocycles. The summed E-state index contributed by atoms with van der Waals surface area (Å²) in [5.41, 5.74) is 0. The van der Waals surface area contributed by atoms with E-state index in [-0.39, 0.29) is 5.78 Å². The third-order valence-electron chi connectivity index (χ3n) is 2.74. The molecule has 1 N–H and O–H groups in total. The fourth-order valence-electron chi connectivity index (χ4n) is 1.92. The molecule has 2 rings (SSSR count). The van der Waals surface area contributed by atoms with Gasteiger partial charge in [-0.1, -0.05) is 0 Å². The van der Waals surface area contributed by atoms with Crippen molar-refractivity contribution in [3.63, 3.8) is 0 Å². The zero-order valence-corrected chi connectivity index (χ0v) is 11.6. The average Bonchev–Trinajstić information content (AvgIpc) is 2.65. The number of nitrogens with zero attached hydrogens (tertiary/aromatic N) is 1. The molecule has 5 heteroatoms. The maximum Gasteiger partial charge on any atom is 0.174 e. The molecule has 16 heavy (non-hydrogen) atoms. The Morgan fingerprint density at radius 2 is 2.50 bits per heavy atom. The number of carbonyl (C=O) groups is 1. The maximum absolute atomic E-state index is 12.0. The largest absolute Gasteiger partial charge is 0.311 e. The van der Waals surface area contributed by atoms with Crippen LogP contribution in [0.25, 0.3) is 0 Å². The van der Waals surface area contributed by atoms with Gasteiger partial charge in [0.05, 0.1) is 8.66 Å². The van der Waals surface area contributed by atoms with Crippen LogP contribution >= 0.6 is 27.3 Å². The lowest BCUT2D eigenvalue weighted by atomic mass is 10.1. The van der Waals surface area contributed by atoms with Crippen molar-refractivity contribution in [3.8, 4) is 0 Å². The third-order valence-corrected chi connectivity index (χ3v) is 4.40. The molecule has 0 saturated carbocycles. The predicted octanol–water partition coefficient (Wildman–Crippen LogP) is 1.99. The van der Waals surface area contributed by atoms with Crippen LogP contribution in [0.4, 0.5) is 0 Å². The van der Waals surface area contributed by atoms with Crippen LogP contribution in [0.1, 0.15) is 16.1 Å². The molecule has 1 unspecified atom stereocenters. The minimum Gasteiger partial charge on any atom is -0.311 e. The van der Waals surface area contributed by atoms with E-state index in [1.165, 1.54) is 11.3 Å². The number of Topliss-reactive ketones (excluding diaryl/α,β-unsaturated/α-hetero) is 1. The monoisotopic (exact) mass is 302 g/mol. The molecule has 0 spiro atoms. The first kappa shape index (κ1) is 12.2. The van der Waals surface area contributed by atoms with Crippen molar-refractivity contribution < 1.29 is 4.79 Å². The smallest absolute Gasteiger partial charge is 0.174 e. The Bertz CT molecular complexity index is 380. The molecule has 0 amide bonds. The van der Waals surface area contributed by atoms with Gasteiger partial charge in [0.1, 0.15) is 0 Å². The molecule has 1 atom stereocenters. The van der Waals surface area contributed by atoms with E-state index in [1.54, 1.807) is 0 Å². The van der Waals surface area contributed by atoms with Gasteiger partial charge in [-0.3, -0.25) is 4.79 Å². The maximum atomic E-state index is 12.0. The number of likely N-dealkylation sites (N-methyl/N-ethyl adjacent to an activating group) is 1. The molecule has 1 fully saturated rings. The number of hydrogen-bond donors (Lipinski definition) is 1. The number of nitrogens with one attached hydrogen (secondary N) is 1. The molecule has 2 heterocycles. The van der Waals surface area contributed by atoms with E-state index in [4.69, 9.17) is 0 Å². The molecule has 1 aromatic heterocycles. The van der Waals surface area contributed by atoms with Crippen LogP contribution in [0, 0.1) is 0 Å². The third kappa shape index (κ3) is 3.13. The van der Waals surface area contributed by atoms with Gasteiger partial charge in [-0.25, -0.2) is 0 Å². The van der Waals surface area contributed by atoms with Crippen LogP contribution < -0.4 is 5.32 Å². The Morgan fingerprint density at radius 3 is 3.12 bits per heavy atom. The number of hydrogen-bond acceptors (Lipinski definition) is 4. The molecule has 1 aliphatic rings. The van der Waals surface area contributed by atoms with Crippen molar-refractivity contribution in [2.24, 2.45) is 0 Å². The Morgan fingerprint density at radius 1 is 1.69 bits per heavy atom. The van der Waals surface area contributed by atoms with Crippen molar-refractivity contribution in [2.75, 3.05) is 26.7 Å². The Labute approximate surface area is 108 Å². The van der Waals surface area contributed by atoms with Gasteiger partial charge in [-0.2, -0.15) is 0 Å². The van der Waals surface area contributed by atoms with E-state index in [0.29, 0.717) is 12.5 Å². The van der Waals surface area contributed by atoms with Gasteiger partial charge < -0.3 is 10.2 Å². The molecule has 0 aliphatic carbocycles. The lowest BCUT2D eigenvalue weighted by molar-refractivity contribution is 0.0956. The zero-order chi connectivity index (χ0) is 11.5. The van der Waals surface area contributed by atoms with Crippen LogP contribution in [0.2, 0.25) is 0 Å². The van der Waals surface area contributed by atoms with Gasteiger partial charge in [0.2, 0.25) is 0 Å². The van der Waals surface area contributed by atoms with Crippen molar-refractivity contribution in [1.29, 1.82) is 0 Å². The van der Waals surface area contributed by atoms with Crippen molar-refractivity contribution in [1.82, 2.24) is 10.2 Å². The summed E-state index contributed by atoms with van der Waals surface area (Å²) >= 11 is 4.89. The van der Waals surface area contributed by atoms with Gasteiger partial charge in [0, 0.05) is 32.1 Å². The summed E-state index contributed by atoms with van der Waals surface area (Å²) in [6, 6.07) is 4.12. The van der Waals surface area contributed by atoms with Crippen molar-refractivity contribution in [3.05, 3.63) is 20.8 Å². The second-order valence-corrected chi connectivity index (χ2v) is 6.61. The minimum absolute atomic E-state index is 0.239. The Kier molecular flexibility index (Phi) is 4.13. The number of thiophene rings is 1. The second-order valence-electron chi connectivity index (χ2n) is 4.14. The SMILES string of the molecule is CN1CCNC(CC(=O)c2ccc(Br)s2)C1. The number of carbonyl (C=O) groups excluding carboxylic acids is 1. The number of piperazine rings is 1. The van der Waals surface area contributed by atoms with Crippen LogP contribution in [0.3, 0.4) is 0 Å². The molecular weight excluding hydrogens is 288 g/mol. The average molecular weight is 303 g/mol. The first-order valence-corrected chi connectivity index (χ1v) is 6.96. The number of ketones is 1. The van der Waals surface area contributed by atoms with E-state index >= 15 is 0 Å². The summed E-state index contributed by atoms with van der Waals surface area (Å²) in [7, 11) is 2.10. The highest BCUT2D eigenvalue weighted by molar-refractivity contribution is 9.11.